The first-order valence-electron chi connectivity index (χ1n) is 5.00. The van der Waals surface area contributed by atoms with Crippen molar-refractivity contribution >= 4 is 0 Å². The smallest absolute Gasteiger partial charge is 0.0786 e. The number of rotatable bonds is 1. The Morgan fingerprint density at radius 3 is 2.17 bits per heavy atom. The van der Waals surface area contributed by atoms with Gasteiger partial charge in [0.05, 0.1) is 5.60 Å². The molecular formula is C10H23NO. The van der Waals surface area contributed by atoms with Gasteiger partial charge in [-0.15, -0.1) is 0 Å². The molecule has 1 fully saturated rings. The highest BCUT2D eigenvalue weighted by Gasteiger charge is 2.38. The van der Waals surface area contributed by atoms with Crippen LogP contribution in [-0.2, 0) is 0 Å². The van der Waals surface area contributed by atoms with E-state index in [1.54, 1.807) is 0 Å². The van der Waals surface area contributed by atoms with Gasteiger partial charge in [-0.1, -0.05) is 20.8 Å². The van der Waals surface area contributed by atoms with E-state index in [0.29, 0.717) is 6.04 Å². The van der Waals surface area contributed by atoms with Crippen LogP contribution in [0.4, 0.5) is 0 Å². The second kappa shape index (κ2) is 4.83. The first-order chi connectivity index (χ1) is 5.58. The molecule has 2 heteroatoms. The Kier molecular flexibility index (Phi) is 4.80. The molecule has 1 aliphatic heterocycles. The molecule has 0 spiro atoms. The van der Waals surface area contributed by atoms with Gasteiger partial charge in [-0.3, -0.25) is 0 Å². The predicted octanol–water partition coefficient (Wildman–Crippen LogP) is 1.88. The van der Waals surface area contributed by atoms with E-state index in [0.717, 1.165) is 19.4 Å². The summed E-state index contributed by atoms with van der Waals surface area (Å²) in [5, 5.41) is 9.78. The van der Waals surface area contributed by atoms with Crippen LogP contribution in [0.3, 0.4) is 0 Å². The molecular weight excluding hydrogens is 150 g/mol. The fourth-order valence-electron chi connectivity index (χ4n) is 1.95. The second-order valence-corrected chi connectivity index (χ2v) is 3.51. The van der Waals surface area contributed by atoms with E-state index in [1.165, 1.54) is 0 Å². The van der Waals surface area contributed by atoms with Gasteiger partial charge in [0.25, 0.3) is 0 Å². The fourth-order valence-corrected chi connectivity index (χ4v) is 1.95. The molecule has 2 atom stereocenters. The molecule has 1 unspecified atom stereocenters. The highest BCUT2D eigenvalue weighted by Crippen LogP contribution is 2.28. The van der Waals surface area contributed by atoms with E-state index in [-0.39, 0.29) is 0 Å². The number of hydrogen-bond donors (Lipinski definition) is 1. The zero-order valence-corrected chi connectivity index (χ0v) is 9.09. The number of likely N-dealkylation sites (N-methyl/N-ethyl adjacent to an activating group) is 1. The van der Waals surface area contributed by atoms with E-state index in [2.05, 4.69) is 18.9 Å². The Hall–Kier alpha value is -0.0800. The lowest BCUT2D eigenvalue weighted by atomic mass is 9.95. The topological polar surface area (TPSA) is 23.5 Å². The van der Waals surface area contributed by atoms with Crippen molar-refractivity contribution in [1.29, 1.82) is 0 Å². The van der Waals surface area contributed by atoms with E-state index in [4.69, 9.17) is 0 Å². The van der Waals surface area contributed by atoms with Crippen molar-refractivity contribution in [2.45, 2.75) is 52.2 Å². The minimum absolute atomic E-state index is 0.368. The molecule has 0 bridgehead atoms. The third-order valence-corrected chi connectivity index (χ3v) is 2.61. The van der Waals surface area contributed by atoms with E-state index < -0.39 is 5.60 Å². The molecule has 1 saturated heterocycles. The summed E-state index contributed by atoms with van der Waals surface area (Å²) in [5.74, 6) is 0. The van der Waals surface area contributed by atoms with Gasteiger partial charge in [-0.05, 0) is 26.8 Å². The van der Waals surface area contributed by atoms with Gasteiger partial charge in [-0.25, -0.2) is 0 Å². The Morgan fingerprint density at radius 2 is 2.00 bits per heavy atom. The SMILES string of the molecule is CC.CCC1N(C)CC[C@@]1(C)O. The van der Waals surface area contributed by atoms with Crippen molar-refractivity contribution in [3.05, 3.63) is 0 Å². The van der Waals surface area contributed by atoms with Gasteiger partial charge in [0.15, 0.2) is 0 Å². The number of likely N-dealkylation sites (tertiary alicyclic amines) is 1. The first-order valence-corrected chi connectivity index (χ1v) is 5.00. The lowest BCUT2D eigenvalue weighted by molar-refractivity contribution is 0.0244. The normalized spacial score (nSPS) is 36.0. The summed E-state index contributed by atoms with van der Waals surface area (Å²) in [6, 6.07) is 0.368. The van der Waals surface area contributed by atoms with Crippen molar-refractivity contribution in [1.82, 2.24) is 4.90 Å². The summed E-state index contributed by atoms with van der Waals surface area (Å²) in [7, 11) is 2.08. The van der Waals surface area contributed by atoms with Crippen LogP contribution in [-0.4, -0.2) is 35.2 Å². The van der Waals surface area contributed by atoms with Crippen LogP contribution in [0.5, 0.6) is 0 Å². The molecule has 0 aromatic heterocycles. The maximum absolute atomic E-state index is 9.78. The Bertz CT molecular complexity index is 123. The molecule has 1 rings (SSSR count). The maximum Gasteiger partial charge on any atom is 0.0786 e. The molecule has 0 aromatic rings. The average Bonchev–Trinajstić information content (AvgIpc) is 2.30. The summed E-state index contributed by atoms with van der Waals surface area (Å²) < 4.78 is 0. The fraction of sp³-hybridized carbons (Fsp3) is 1.00. The predicted molar refractivity (Wildman–Crippen MR) is 53.3 cm³/mol. The molecule has 1 aliphatic rings. The molecule has 0 radical (unpaired) electrons. The van der Waals surface area contributed by atoms with E-state index >= 15 is 0 Å². The van der Waals surface area contributed by atoms with Crippen LogP contribution in [0.2, 0.25) is 0 Å². The molecule has 1 heterocycles. The average molecular weight is 173 g/mol. The summed E-state index contributed by atoms with van der Waals surface area (Å²) in [5.41, 5.74) is -0.441. The summed E-state index contributed by atoms with van der Waals surface area (Å²) >= 11 is 0. The lowest BCUT2D eigenvalue weighted by Gasteiger charge is -2.27. The Balaban J connectivity index is 0.000000561. The molecule has 2 nitrogen and oxygen atoms in total. The third kappa shape index (κ3) is 2.46. The monoisotopic (exact) mass is 173 g/mol. The van der Waals surface area contributed by atoms with Crippen molar-refractivity contribution in [3.63, 3.8) is 0 Å². The highest BCUT2D eigenvalue weighted by molar-refractivity contribution is 4.94. The molecule has 74 valence electrons. The quantitative estimate of drug-likeness (QED) is 0.654. The Morgan fingerprint density at radius 1 is 1.50 bits per heavy atom. The molecule has 0 saturated carbocycles. The third-order valence-electron chi connectivity index (χ3n) is 2.61. The van der Waals surface area contributed by atoms with Crippen LogP contribution < -0.4 is 0 Å². The van der Waals surface area contributed by atoms with Gasteiger partial charge < -0.3 is 10.0 Å². The molecule has 1 N–H and O–H groups in total. The Labute approximate surface area is 76.6 Å². The molecule has 12 heavy (non-hydrogen) atoms. The van der Waals surface area contributed by atoms with E-state index in [1.807, 2.05) is 20.8 Å². The minimum atomic E-state index is -0.441. The summed E-state index contributed by atoms with van der Waals surface area (Å²) in [6.07, 6.45) is 1.96. The first kappa shape index (κ1) is 11.9. The van der Waals surface area contributed by atoms with Gasteiger partial charge in [0.2, 0.25) is 0 Å². The number of nitrogens with zero attached hydrogens (tertiary/aromatic N) is 1. The van der Waals surface area contributed by atoms with Crippen LogP contribution in [0.25, 0.3) is 0 Å². The van der Waals surface area contributed by atoms with Crippen molar-refractivity contribution < 1.29 is 5.11 Å². The molecule has 0 aromatic carbocycles. The maximum atomic E-state index is 9.78. The number of aliphatic hydroxyl groups is 1. The minimum Gasteiger partial charge on any atom is -0.388 e. The molecule has 0 aliphatic carbocycles. The largest absolute Gasteiger partial charge is 0.388 e. The van der Waals surface area contributed by atoms with Gasteiger partial charge in [-0.2, -0.15) is 0 Å². The highest BCUT2D eigenvalue weighted by atomic mass is 16.3. The van der Waals surface area contributed by atoms with Crippen molar-refractivity contribution in [2.75, 3.05) is 13.6 Å². The van der Waals surface area contributed by atoms with Crippen LogP contribution in [0.1, 0.15) is 40.5 Å². The molecule has 0 amide bonds. The zero-order valence-electron chi connectivity index (χ0n) is 9.09. The second-order valence-electron chi connectivity index (χ2n) is 3.51. The van der Waals surface area contributed by atoms with Crippen molar-refractivity contribution in [2.24, 2.45) is 0 Å². The van der Waals surface area contributed by atoms with Crippen LogP contribution in [0, 0.1) is 0 Å². The summed E-state index contributed by atoms with van der Waals surface area (Å²) in [4.78, 5) is 2.24. The van der Waals surface area contributed by atoms with E-state index in [9.17, 15) is 5.11 Å². The zero-order chi connectivity index (χ0) is 9.78. The van der Waals surface area contributed by atoms with Crippen LogP contribution >= 0.6 is 0 Å². The van der Waals surface area contributed by atoms with Crippen LogP contribution in [0.15, 0.2) is 0 Å². The van der Waals surface area contributed by atoms with Gasteiger partial charge in [0, 0.05) is 12.6 Å². The lowest BCUT2D eigenvalue weighted by Crippen LogP contribution is -2.40. The van der Waals surface area contributed by atoms with Gasteiger partial charge >= 0.3 is 0 Å². The standard InChI is InChI=1S/C8H17NO.C2H6/c1-4-7-8(2,10)5-6-9(7)3;1-2/h7,10H,4-6H2,1-3H3;1-2H3/t7?,8-;/m1./s1. The number of hydrogen-bond acceptors (Lipinski definition) is 2. The van der Waals surface area contributed by atoms with Crippen molar-refractivity contribution in [3.8, 4) is 0 Å². The van der Waals surface area contributed by atoms with Gasteiger partial charge in [0.1, 0.15) is 0 Å². The summed E-state index contributed by atoms with van der Waals surface area (Å²) in [6.45, 7) is 9.09.